The monoisotopic (exact) mass is 294 g/mol. The van der Waals surface area contributed by atoms with Crippen LogP contribution in [-0.2, 0) is 4.79 Å². The minimum absolute atomic E-state index is 0.231. The van der Waals surface area contributed by atoms with Gasteiger partial charge in [0.05, 0.1) is 0 Å². The average molecular weight is 294 g/mol. The van der Waals surface area contributed by atoms with Crippen molar-refractivity contribution < 1.29 is 4.79 Å². The lowest BCUT2D eigenvalue weighted by atomic mass is 9.73. The highest BCUT2D eigenvalue weighted by atomic mass is 16.2. The molecule has 0 radical (unpaired) electrons. The summed E-state index contributed by atoms with van der Waals surface area (Å²) in [5.41, 5.74) is -0.231. The summed E-state index contributed by atoms with van der Waals surface area (Å²) in [6.45, 7) is 11.8. The van der Waals surface area contributed by atoms with Gasteiger partial charge in [0.25, 0.3) is 0 Å². The molecule has 0 aromatic heterocycles. The van der Waals surface area contributed by atoms with E-state index in [9.17, 15) is 4.79 Å². The Labute approximate surface area is 130 Å². The van der Waals surface area contributed by atoms with Crippen molar-refractivity contribution in [2.45, 2.75) is 72.3 Å². The summed E-state index contributed by atoms with van der Waals surface area (Å²) < 4.78 is 0. The summed E-state index contributed by atoms with van der Waals surface area (Å²) in [5.74, 6) is 1.43. The Morgan fingerprint density at radius 2 is 1.86 bits per heavy atom. The fraction of sp³-hybridized carbons (Fsp3) is 0.944. The molecule has 1 unspecified atom stereocenters. The van der Waals surface area contributed by atoms with Gasteiger partial charge in [-0.25, -0.2) is 0 Å². The third-order valence-electron chi connectivity index (χ3n) is 5.46. The Balaban J connectivity index is 2.11. The zero-order valence-electron chi connectivity index (χ0n) is 14.5. The minimum atomic E-state index is -0.231. The highest BCUT2D eigenvalue weighted by molar-refractivity contribution is 5.82. The van der Waals surface area contributed by atoms with E-state index in [1.807, 2.05) is 0 Å². The molecule has 3 nitrogen and oxygen atoms in total. The molecule has 2 fully saturated rings. The molecule has 2 rings (SSSR count). The number of hydrogen-bond donors (Lipinski definition) is 1. The van der Waals surface area contributed by atoms with Gasteiger partial charge in [0.2, 0.25) is 5.91 Å². The van der Waals surface area contributed by atoms with Crippen molar-refractivity contribution in [1.29, 1.82) is 0 Å². The van der Waals surface area contributed by atoms with Gasteiger partial charge in [-0.3, -0.25) is 4.79 Å². The van der Waals surface area contributed by atoms with Gasteiger partial charge in [0.1, 0.15) is 0 Å². The third-order valence-corrected chi connectivity index (χ3v) is 5.46. The highest BCUT2D eigenvalue weighted by Gasteiger charge is 2.42. The minimum Gasteiger partial charge on any atom is -0.339 e. The molecular weight excluding hydrogens is 260 g/mol. The van der Waals surface area contributed by atoms with E-state index in [1.54, 1.807) is 0 Å². The highest BCUT2D eigenvalue weighted by Crippen LogP contribution is 2.36. The van der Waals surface area contributed by atoms with Gasteiger partial charge >= 0.3 is 0 Å². The van der Waals surface area contributed by atoms with E-state index in [0.29, 0.717) is 23.8 Å². The second kappa shape index (κ2) is 7.13. The summed E-state index contributed by atoms with van der Waals surface area (Å²) >= 11 is 0. The van der Waals surface area contributed by atoms with Crippen LogP contribution in [-0.4, -0.2) is 36.5 Å². The topological polar surface area (TPSA) is 32.3 Å². The third kappa shape index (κ3) is 4.00. The first-order chi connectivity index (χ1) is 9.93. The Kier molecular flexibility index (Phi) is 5.70. The summed E-state index contributed by atoms with van der Waals surface area (Å²) in [6, 6.07) is 0.496. The van der Waals surface area contributed by atoms with Crippen LogP contribution in [0.1, 0.15) is 66.2 Å². The number of rotatable bonds is 5. The molecule has 0 bridgehead atoms. The summed E-state index contributed by atoms with van der Waals surface area (Å²) in [4.78, 5) is 15.5. The number of amides is 1. The maximum atomic E-state index is 13.3. The van der Waals surface area contributed by atoms with Crippen LogP contribution in [0.2, 0.25) is 0 Å². The fourth-order valence-electron chi connectivity index (χ4n) is 4.02. The van der Waals surface area contributed by atoms with Crippen LogP contribution in [0.5, 0.6) is 0 Å². The van der Waals surface area contributed by atoms with Gasteiger partial charge in [-0.2, -0.15) is 0 Å². The van der Waals surface area contributed by atoms with E-state index in [4.69, 9.17) is 0 Å². The molecule has 122 valence electrons. The molecule has 21 heavy (non-hydrogen) atoms. The van der Waals surface area contributed by atoms with Crippen LogP contribution in [0.15, 0.2) is 0 Å². The van der Waals surface area contributed by atoms with E-state index < -0.39 is 0 Å². The number of carbonyl (C=O) groups is 1. The number of carbonyl (C=O) groups excluding carboxylic acids is 1. The summed E-state index contributed by atoms with van der Waals surface area (Å²) in [5, 5.41) is 3.47. The van der Waals surface area contributed by atoms with Crippen LogP contribution >= 0.6 is 0 Å². The second-order valence-electron chi connectivity index (χ2n) is 8.05. The number of nitrogens with zero attached hydrogens (tertiary/aromatic N) is 1. The predicted octanol–water partition coefficient (Wildman–Crippen LogP) is 3.44. The SMILES string of the molecule is CC(C)CN(C(=O)C(C)(C)C1CCCNC1)C1CCCC1. The van der Waals surface area contributed by atoms with Crippen molar-refractivity contribution in [2.24, 2.45) is 17.3 Å². The molecule has 1 heterocycles. The Morgan fingerprint density at radius 1 is 1.19 bits per heavy atom. The first-order valence-electron chi connectivity index (χ1n) is 8.94. The van der Waals surface area contributed by atoms with Crippen molar-refractivity contribution >= 4 is 5.91 Å². The standard InChI is InChI=1S/C18H34N2O/c1-14(2)13-20(16-9-5-6-10-16)17(21)18(3,4)15-8-7-11-19-12-15/h14-16,19H,5-13H2,1-4H3. The molecule has 1 N–H and O–H groups in total. The van der Waals surface area contributed by atoms with E-state index in [0.717, 1.165) is 19.6 Å². The molecule has 0 spiro atoms. The zero-order chi connectivity index (χ0) is 15.5. The summed E-state index contributed by atoms with van der Waals surface area (Å²) in [6.07, 6.45) is 7.38. The molecule has 3 heteroatoms. The molecular formula is C18H34N2O. The maximum absolute atomic E-state index is 13.3. The molecule has 0 aromatic carbocycles. The normalized spacial score (nSPS) is 24.5. The van der Waals surface area contributed by atoms with Gasteiger partial charge in [0, 0.05) is 18.0 Å². The number of hydrogen-bond acceptors (Lipinski definition) is 2. The maximum Gasteiger partial charge on any atom is 0.228 e. The molecule has 1 saturated heterocycles. The largest absolute Gasteiger partial charge is 0.339 e. The zero-order valence-corrected chi connectivity index (χ0v) is 14.5. The smallest absolute Gasteiger partial charge is 0.228 e. The van der Waals surface area contributed by atoms with Gasteiger partial charge < -0.3 is 10.2 Å². The lowest BCUT2D eigenvalue weighted by Gasteiger charge is -2.42. The Bertz CT molecular complexity index is 339. The fourth-order valence-corrected chi connectivity index (χ4v) is 4.02. The van der Waals surface area contributed by atoms with E-state index in [-0.39, 0.29) is 5.41 Å². The van der Waals surface area contributed by atoms with Crippen molar-refractivity contribution in [2.75, 3.05) is 19.6 Å². The van der Waals surface area contributed by atoms with Crippen LogP contribution in [0.3, 0.4) is 0 Å². The molecule has 1 saturated carbocycles. The van der Waals surface area contributed by atoms with Crippen molar-refractivity contribution in [1.82, 2.24) is 10.2 Å². The van der Waals surface area contributed by atoms with Crippen molar-refractivity contribution in [3.05, 3.63) is 0 Å². The molecule has 2 aliphatic rings. The molecule has 1 aliphatic carbocycles. The second-order valence-corrected chi connectivity index (χ2v) is 8.05. The molecule has 1 amide bonds. The van der Waals surface area contributed by atoms with E-state index >= 15 is 0 Å². The summed E-state index contributed by atoms with van der Waals surface area (Å²) in [7, 11) is 0. The van der Waals surface area contributed by atoms with Gasteiger partial charge in [-0.05, 0) is 50.6 Å². The van der Waals surface area contributed by atoms with Crippen molar-refractivity contribution in [3.8, 4) is 0 Å². The Hall–Kier alpha value is -0.570. The van der Waals surface area contributed by atoms with Crippen LogP contribution in [0, 0.1) is 17.3 Å². The van der Waals surface area contributed by atoms with Gasteiger partial charge in [0.15, 0.2) is 0 Å². The van der Waals surface area contributed by atoms with Crippen LogP contribution in [0.4, 0.5) is 0 Å². The number of piperidine rings is 1. The first kappa shape index (κ1) is 16.8. The number of nitrogens with one attached hydrogen (secondary N) is 1. The van der Waals surface area contributed by atoms with Gasteiger partial charge in [-0.1, -0.05) is 40.5 Å². The van der Waals surface area contributed by atoms with Crippen LogP contribution in [0.25, 0.3) is 0 Å². The van der Waals surface area contributed by atoms with Gasteiger partial charge in [-0.15, -0.1) is 0 Å². The molecule has 1 atom stereocenters. The van der Waals surface area contributed by atoms with Crippen molar-refractivity contribution in [3.63, 3.8) is 0 Å². The quantitative estimate of drug-likeness (QED) is 0.842. The molecule has 1 aliphatic heterocycles. The lowest BCUT2D eigenvalue weighted by Crippen LogP contribution is -2.52. The Morgan fingerprint density at radius 3 is 2.38 bits per heavy atom. The van der Waals surface area contributed by atoms with Crippen LogP contribution < -0.4 is 5.32 Å². The molecule has 0 aromatic rings. The first-order valence-corrected chi connectivity index (χ1v) is 8.94. The average Bonchev–Trinajstić information content (AvgIpc) is 2.98. The van der Waals surface area contributed by atoms with E-state index in [1.165, 1.54) is 38.5 Å². The predicted molar refractivity (Wildman–Crippen MR) is 88.2 cm³/mol. The lowest BCUT2D eigenvalue weighted by molar-refractivity contribution is -0.147. The van der Waals surface area contributed by atoms with E-state index in [2.05, 4.69) is 37.9 Å².